The zero-order valence-electron chi connectivity index (χ0n) is 17.7. The van der Waals surface area contributed by atoms with Gasteiger partial charge in [0.1, 0.15) is 5.82 Å². The number of aromatic amines is 1. The normalized spacial score (nSPS) is 14.5. The summed E-state index contributed by atoms with van der Waals surface area (Å²) in [6.45, 7) is 4.78. The Hall–Kier alpha value is -2.77. The maximum absolute atomic E-state index is 12.4. The first-order valence-electron chi connectivity index (χ1n) is 11.0. The highest BCUT2D eigenvalue weighted by Crippen LogP contribution is 2.19. The van der Waals surface area contributed by atoms with E-state index in [2.05, 4.69) is 25.5 Å². The van der Waals surface area contributed by atoms with Crippen molar-refractivity contribution in [2.24, 2.45) is 0 Å². The van der Waals surface area contributed by atoms with Crippen molar-refractivity contribution in [1.82, 2.24) is 20.2 Å². The third-order valence-corrected chi connectivity index (χ3v) is 5.89. The van der Waals surface area contributed by atoms with Gasteiger partial charge in [-0.15, -0.1) is 0 Å². The maximum atomic E-state index is 12.4. The smallest absolute Gasteiger partial charge is 0.251 e. The van der Waals surface area contributed by atoms with Crippen molar-refractivity contribution in [3.05, 3.63) is 64.4 Å². The Kier molecular flexibility index (Phi) is 7.27. The monoisotopic (exact) mass is 435 g/mol. The van der Waals surface area contributed by atoms with E-state index >= 15 is 0 Å². The van der Waals surface area contributed by atoms with Crippen molar-refractivity contribution >= 4 is 34.8 Å². The first-order valence-corrected chi connectivity index (χ1v) is 11.4. The number of benzene rings is 2. The quantitative estimate of drug-likeness (QED) is 0.359. The molecule has 0 aliphatic carbocycles. The molecule has 162 valence electrons. The molecule has 2 heterocycles. The number of hydrogen-bond acceptors (Lipinski definition) is 5. The van der Waals surface area contributed by atoms with Crippen molar-refractivity contribution in [1.29, 1.82) is 0 Å². The molecule has 31 heavy (non-hydrogen) atoms. The van der Waals surface area contributed by atoms with E-state index in [1.165, 1.54) is 32.4 Å². The summed E-state index contributed by atoms with van der Waals surface area (Å²) >= 11 is 5.23. The molecule has 1 aliphatic heterocycles. The van der Waals surface area contributed by atoms with Crippen LogP contribution in [0.3, 0.4) is 0 Å². The number of fused-ring (bicyclic) bond motifs is 1. The number of piperidine rings is 1. The second-order valence-electron chi connectivity index (χ2n) is 8.00. The number of para-hydroxylation sites is 1. The van der Waals surface area contributed by atoms with Gasteiger partial charge in [0, 0.05) is 24.0 Å². The minimum atomic E-state index is -0.0137. The average Bonchev–Trinajstić information content (AvgIpc) is 2.81. The van der Waals surface area contributed by atoms with Crippen LogP contribution in [0.1, 0.15) is 41.6 Å². The van der Waals surface area contributed by atoms with Crippen molar-refractivity contribution in [3.8, 4) is 0 Å². The van der Waals surface area contributed by atoms with Gasteiger partial charge in [0.2, 0.25) is 0 Å². The van der Waals surface area contributed by atoms with E-state index in [1.807, 2.05) is 48.5 Å². The van der Waals surface area contributed by atoms with Crippen LogP contribution in [0, 0.1) is 4.77 Å². The van der Waals surface area contributed by atoms with Crippen molar-refractivity contribution in [3.63, 3.8) is 0 Å². The van der Waals surface area contributed by atoms with Gasteiger partial charge in [0.25, 0.3) is 5.91 Å². The van der Waals surface area contributed by atoms with Crippen molar-refractivity contribution in [2.75, 3.05) is 31.5 Å². The van der Waals surface area contributed by atoms with Gasteiger partial charge in [-0.2, -0.15) is 0 Å². The lowest BCUT2D eigenvalue weighted by Crippen LogP contribution is -2.33. The molecule has 0 bridgehead atoms. The van der Waals surface area contributed by atoms with Crippen LogP contribution in [0.25, 0.3) is 10.9 Å². The number of carbonyl (C=O) groups is 1. The van der Waals surface area contributed by atoms with Crippen LogP contribution in [0.4, 0.5) is 5.82 Å². The van der Waals surface area contributed by atoms with Gasteiger partial charge in [-0.1, -0.05) is 30.7 Å². The van der Waals surface area contributed by atoms with Crippen LogP contribution >= 0.6 is 12.2 Å². The maximum Gasteiger partial charge on any atom is 0.251 e. The molecule has 0 radical (unpaired) electrons. The number of carbonyl (C=O) groups excluding carboxylic acids is 1. The Morgan fingerprint density at radius 2 is 1.84 bits per heavy atom. The second kappa shape index (κ2) is 10.5. The fourth-order valence-electron chi connectivity index (χ4n) is 3.99. The lowest BCUT2D eigenvalue weighted by atomic mass is 10.1. The number of amides is 1. The predicted octanol–water partition coefficient (Wildman–Crippen LogP) is 4.51. The Balaban J connectivity index is 1.27. The highest BCUT2D eigenvalue weighted by Gasteiger charge is 2.10. The van der Waals surface area contributed by atoms with Crippen LogP contribution < -0.4 is 10.6 Å². The first kappa shape index (κ1) is 21.5. The van der Waals surface area contributed by atoms with E-state index in [4.69, 9.17) is 12.2 Å². The number of hydrogen-bond donors (Lipinski definition) is 3. The molecule has 0 saturated carbocycles. The van der Waals surface area contributed by atoms with Crippen LogP contribution in [0.15, 0.2) is 48.5 Å². The SMILES string of the molecule is O=C(NCCCN1CCCCC1)c1ccc(CNc2nc(=S)[nH]c3ccccc23)cc1. The van der Waals surface area contributed by atoms with Crippen LogP contribution in [-0.4, -0.2) is 47.0 Å². The summed E-state index contributed by atoms with van der Waals surface area (Å²) in [5.41, 5.74) is 2.72. The average molecular weight is 436 g/mol. The van der Waals surface area contributed by atoms with Gasteiger partial charge in [-0.25, -0.2) is 4.98 Å². The number of H-pyrrole nitrogens is 1. The molecule has 1 fully saturated rings. The lowest BCUT2D eigenvalue weighted by Gasteiger charge is -2.26. The molecule has 0 atom stereocenters. The second-order valence-corrected chi connectivity index (χ2v) is 8.39. The summed E-state index contributed by atoms with van der Waals surface area (Å²) < 4.78 is 0.452. The van der Waals surface area contributed by atoms with Crippen molar-refractivity contribution < 1.29 is 4.79 Å². The molecule has 1 aliphatic rings. The zero-order chi connectivity index (χ0) is 21.5. The molecule has 3 N–H and O–H groups in total. The van der Waals surface area contributed by atoms with Crippen LogP contribution in [0.5, 0.6) is 0 Å². The van der Waals surface area contributed by atoms with Gasteiger partial charge in [0.15, 0.2) is 4.77 Å². The van der Waals surface area contributed by atoms with E-state index in [0.29, 0.717) is 23.4 Å². The molecule has 6 nitrogen and oxygen atoms in total. The summed E-state index contributed by atoms with van der Waals surface area (Å²) in [6, 6.07) is 15.6. The first-order chi connectivity index (χ1) is 15.2. The lowest BCUT2D eigenvalue weighted by molar-refractivity contribution is 0.0951. The van der Waals surface area contributed by atoms with Crippen LogP contribution in [-0.2, 0) is 6.54 Å². The summed E-state index contributed by atoms with van der Waals surface area (Å²) in [7, 11) is 0. The Bertz CT molecular complexity index is 1070. The Morgan fingerprint density at radius 1 is 1.06 bits per heavy atom. The largest absolute Gasteiger partial charge is 0.365 e. The number of nitrogens with one attached hydrogen (secondary N) is 3. The molecular weight excluding hydrogens is 406 g/mol. The van der Waals surface area contributed by atoms with Gasteiger partial charge in [0.05, 0.1) is 5.52 Å². The minimum Gasteiger partial charge on any atom is -0.365 e. The Morgan fingerprint density at radius 3 is 2.65 bits per heavy atom. The Labute approximate surface area is 188 Å². The number of nitrogens with zero attached hydrogens (tertiary/aromatic N) is 2. The summed E-state index contributed by atoms with van der Waals surface area (Å²) in [5, 5.41) is 7.40. The fraction of sp³-hybridized carbons (Fsp3) is 0.375. The van der Waals surface area contributed by atoms with Gasteiger partial charge in [-0.05, 0) is 80.9 Å². The molecule has 3 aromatic rings. The molecular formula is C24H29N5OS. The van der Waals surface area contributed by atoms with E-state index < -0.39 is 0 Å². The van der Waals surface area contributed by atoms with Crippen LogP contribution in [0.2, 0.25) is 0 Å². The fourth-order valence-corrected chi connectivity index (χ4v) is 4.19. The van der Waals surface area contributed by atoms with Gasteiger partial charge < -0.3 is 20.5 Å². The number of aromatic nitrogens is 2. The molecule has 4 rings (SSSR count). The molecule has 1 aromatic heterocycles. The number of anilines is 1. The summed E-state index contributed by atoms with van der Waals surface area (Å²) in [6.07, 6.45) is 4.95. The molecule has 1 amide bonds. The molecule has 0 spiro atoms. The van der Waals surface area contributed by atoms with E-state index in [-0.39, 0.29) is 5.91 Å². The zero-order valence-corrected chi connectivity index (χ0v) is 18.5. The van der Waals surface area contributed by atoms with Gasteiger partial charge in [-0.3, -0.25) is 4.79 Å². The minimum absolute atomic E-state index is 0.0137. The van der Waals surface area contributed by atoms with E-state index in [0.717, 1.165) is 35.2 Å². The molecule has 2 aromatic carbocycles. The van der Waals surface area contributed by atoms with Crippen molar-refractivity contribution in [2.45, 2.75) is 32.2 Å². The summed E-state index contributed by atoms with van der Waals surface area (Å²) in [5.74, 6) is 0.745. The third-order valence-electron chi connectivity index (χ3n) is 5.70. The van der Waals surface area contributed by atoms with E-state index in [1.54, 1.807) is 0 Å². The highest BCUT2D eigenvalue weighted by molar-refractivity contribution is 7.71. The molecule has 7 heteroatoms. The van der Waals surface area contributed by atoms with Gasteiger partial charge >= 0.3 is 0 Å². The summed E-state index contributed by atoms with van der Waals surface area (Å²) in [4.78, 5) is 22.4. The third kappa shape index (κ3) is 5.89. The number of rotatable bonds is 8. The highest BCUT2D eigenvalue weighted by atomic mass is 32.1. The predicted molar refractivity (Wildman–Crippen MR) is 128 cm³/mol. The van der Waals surface area contributed by atoms with E-state index in [9.17, 15) is 4.79 Å². The molecule has 0 unspecified atom stereocenters. The topological polar surface area (TPSA) is 73.1 Å². The standard InChI is InChI=1S/C24H29N5OS/c30-23(25-13-6-16-29-14-4-1-5-15-29)19-11-9-18(10-12-19)17-26-22-20-7-2-3-8-21(20)27-24(31)28-22/h2-3,7-12H,1,4-6,13-17H2,(H,25,30)(H2,26,27,28,31). The molecule has 1 saturated heterocycles. The number of likely N-dealkylation sites (tertiary alicyclic amines) is 1.